The van der Waals surface area contributed by atoms with Crippen molar-refractivity contribution in [1.29, 1.82) is 0 Å². The number of aliphatic hydroxyl groups is 1. The van der Waals surface area contributed by atoms with Gasteiger partial charge in [0.15, 0.2) is 5.76 Å². The molecule has 1 aliphatic heterocycles. The summed E-state index contributed by atoms with van der Waals surface area (Å²) in [6.07, 6.45) is 1.79. The summed E-state index contributed by atoms with van der Waals surface area (Å²) >= 11 is 3.49. The molecule has 4 rings (SSSR count). The van der Waals surface area contributed by atoms with E-state index in [1.807, 2.05) is 42.5 Å². The van der Waals surface area contributed by atoms with Crippen LogP contribution in [0.15, 0.2) is 58.7 Å². The van der Waals surface area contributed by atoms with E-state index in [4.69, 9.17) is 0 Å². The van der Waals surface area contributed by atoms with E-state index in [-0.39, 0.29) is 11.3 Å². The van der Waals surface area contributed by atoms with Crippen LogP contribution >= 0.6 is 15.9 Å². The summed E-state index contributed by atoms with van der Waals surface area (Å²) < 4.78 is 2.58. The molecule has 1 N–H and O–H groups in total. The number of aromatic nitrogens is 2. The van der Waals surface area contributed by atoms with Gasteiger partial charge in [0.05, 0.1) is 17.3 Å². The van der Waals surface area contributed by atoms with Crippen molar-refractivity contribution in [3.8, 4) is 0 Å². The lowest BCUT2D eigenvalue weighted by atomic mass is 9.96. The molecule has 172 valence electrons. The maximum atomic E-state index is 13.3. The minimum absolute atomic E-state index is 0.0893. The number of amides is 1. The van der Waals surface area contributed by atoms with Gasteiger partial charge in [-0.15, -0.1) is 0 Å². The van der Waals surface area contributed by atoms with Crippen molar-refractivity contribution in [2.24, 2.45) is 0 Å². The maximum absolute atomic E-state index is 13.3. The number of halogens is 1. The van der Waals surface area contributed by atoms with E-state index >= 15 is 0 Å². The van der Waals surface area contributed by atoms with Gasteiger partial charge < -0.3 is 14.9 Å². The molecule has 1 fully saturated rings. The Morgan fingerprint density at radius 1 is 1.15 bits per heavy atom. The Labute approximate surface area is 201 Å². The number of imidazole rings is 1. The highest BCUT2D eigenvalue weighted by atomic mass is 79.9. The number of likely N-dealkylation sites (N-methyl/N-ethyl adjacent to an activating group) is 1. The van der Waals surface area contributed by atoms with Crippen LogP contribution in [0.3, 0.4) is 0 Å². The summed E-state index contributed by atoms with van der Waals surface area (Å²) in [5.74, 6) is -1.48. The summed E-state index contributed by atoms with van der Waals surface area (Å²) in [7, 11) is 0. The first-order valence-corrected chi connectivity index (χ1v) is 11.9. The van der Waals surface area contributed by atoms with E-state index in [9.17, 15) is 14.7 Å². The van der Waals surface area contributed by atoms with Gasteiger partial charge in [-0.2, -0.15) is 0 Å². The molecule has 3 aromatic rings. The van der Waals surface area contributed by atoms with E-state index < -0.39 is 17.7 Å². The fourth-order valence-corrected chi connectivity index (χ4v) is 4.87. The number of aliphatic hydroxyl groups excluding tert-OH is 1. The van der Waals surface area contributed by atoms with E-state index in [1.54, 1.807) is 22.4 Å². The zero-order chi connectivity index (χ0) is 23.7. The molecule has 8 heteroatoms. The Bertz CT molecular complexity index is 1250. The van der Waals surface area contributed by atoms with Gasteiger partial charge >= 0.3 is 0 Å². The summed E-state index contributed by atoms with van der Waals surface area (Å²) in [4.78, 5) is 34.7. The number of nitrogens with zero attached hydrogens (tertiary/aromatic N) is 4. The van der Waals surface area contributed by atoms with Crippen LogP contribution in [0.25, 0.3) is 11.4 Å². The van der Waals surface area contributed by atoms with Gasteiger partial charge in [0, 0.05) is 23.8 Å². The minimum atomic E-state index is -0.688. The van der Waals surface area contributed by atoms with Crippen molar-refractivity contribution in [2.45, 2.75) is 26.8 Å². The van der Waals surface area contributed by atoms with E-state index in [1.165, 1.54) is 0 Å². The lowest BCUT2D eigenvalue weighted by Gasteiger charge is -2.28. The number of carbonyl (C=O) groups excluding carboxylic acids is 2. The number of ketones is 1. The van der Waals surface area contributed by atoms with Gasteiger partial charge in [-0.05, 0) is 49.8 Å². The molecular weight excluding hydrogens is 484 g/mol. The average molecular weight is 511 g/mol. The summed E-state index contributed by atoms with van der Waals surface area (Å²) in [6, 6.07) is 12.3. The van der Waals surface area contributed by atoms with Crippen LogP contribution in [0.5, 0.6) is 0 Å². The molecule has 0 bridgehead atoms. The highest BCUT2D eigenvalue weighted by Gasteiger charge is 2.46. The molecule has 0 spiro atoms. The fraction of sp³-hybridized carbons (Fsp3) is 0.320. The number of aryl methyl sites for hydroxylation is 1. The Morgan fingerprint density at radius 2 is 1.91 bits per heavy atom. The van der Waals surface area contributed by atoms with Crippen LogP contribution in [0.2, 0.25) is 0 Å². The zero-order valence-electron chi connectivity index (χ0n) is 19.0. The number of hydrogen-bond donors (Lipinski definition) is 1. The molecule has 7 nitrogen and oxygen atoms in total. The molecule has 2 aromatic heterocycles. The number of pyridine rings is 1. The van der Waals surface area contributed by atoms with Crippen LogP contribution in [0.1, 0.15) is 36.8 Å². The number of rotatable bonds is 7. The third-order valence-electron chi connectivity index (χ3n) is 6.18. The molecule has 3 heterocycles. The SMILES string of the molecule is CCN(CC)CCN1C(=O)C(=O)/C(=C(/O)c2c(C)nc3ccccn23)C1c1cccc(Br)c1. The number of carbonyl (C=O) groups is 2. The first-order valence-electron chi connectivity index (χ1n) is 11.1. The van der Waals surface area contributed by atoms with Gasteiger partial charge in [-0.3, -0.25) is 14.0 Å². The molecule has 1 aromatic carbocycles. The van der Waals surface area contributed by atoms with Crippen molar-refractivity contribution in [1.82, 2.24) is 19.2 Å². The summed E-state index contributed by atoms with van der Waals surface area (Å²) in [6.45, 7) is 8.64. The van der Waals surface area contributed by atoms with Gasteiger partial charge in [0.1, 0.15) is 11.3 Å². The maximum Gasteiger partial charge on any atom is 0.295 e. The topological polar surface area (TPSA) is 78.2 Å². The van der Waals surface area contributed by atoms with Crippen molar-refractivity contribution in [3.63, 3.8) is 0 Å². The average Bonchev–Trinajstić information content (AvgIpc) is 3.27. The number of benzene rings is 1. The van der Waals surface area contributed by atoms with Crippen LogP contribution < -0.4 is 0 Å². The van der Waals surface area contributed by atoms with Crippen LogP contribution in [-0.4, -0.2) is 62.2 Å². The number of fused-ring (bicyclic) bond motifs is 1. The van der Waals surface area contributed by atoms with Crippen molar-refractivity contribution in [2.75, 3.05) is 26.2 Å². The molecule has 33 heavy (non-hydrogen) atoms. The monoisotopic (exact) mass is 510 g/mol. The first kappa shape index (κ1) is 23.2. The van der Waals surface area contributed by atoms with Gasteiger partial charge in [0.25, 0.3) is 11.7 Å². The van der Waals surface area contributed by atoms with Crippen LogP contribution in [-0.2, 0) is 9.59 Å². The van der Waals surface area contributed by atoms with Gasteiger partial charge in [-0.25, -0.2) is 4.98 Å². The van der Waals surface area contributed by atoms with Crippen molar-refractivity contribution in [3.05, 3.63) is 75.7 Å². The van der Waals surface area contributed by atoms with Gasteiger partial charge in [-0.1, -0.05) is 48.0 Å². The second-order valence-corrected chi connectivity index (χ2v) is 8.96. The fourth-order valence-electron chi connectivity index (χ4n) is 4.45. The van der Waals surface area contributed by atoms with Crippen molar-refractivity contribution < 1.29 is 14.7 Å². The Hall–Kier alpha value is -2.97. The molecule has 0 radical (unpaired) electrons. The van der Waals surface area contributed by atoms with Gasteiger partial charge in [0.2, 0.25) is 0 Å². The Morgan fingerprint density at radius 3 is 2.61 bits per heavy atom. The molecule has 1 aliphatic rings. The summed E-state index contributed by atoms with van der Waals surface area (Å²) in [5, 5.41) is 11.5. The van der Waals surface area contributed by atoms with E-state index in [0.717, 1.165) is 23.1 Å². The third-order valence-corrected chi connectivity index (χ3v) is 6.68. The third kappa shape index (κ3) is 4.20. The molecule has 1 amide bonds. The second-order valence-electron chi connectivity index (χ2n) is 8.05. The van der Waals surface area contributed by atoms with Crippen LogP contribution in [0.4, 0.5) is 0 Å². The smallest absolute Gasteiger partial charge is 0.295 e. The predicted molar refractivity (Wildman–Crippen MR) is 131 cm³/mol. The van der Waals surface area contributed by atoms with E-state index in [0.29, 0.717) is 30.1 Å². The van der Waals surface area contributed by atoms with E-state index in [2.05, 4.69) is 39.7 Å². The molecule has 0 saturated carbocycles. The normalized spacial score (nSPS) is 18.1. The highest BCUT2D eigenvalue weighted by molar-refractivity contribution is 9.10. The number of hydrogen-bond acceptors (Lipinski definition) is 5. The quantitative estimate of drug-likeness (QED) is 0.293. The zero-order valence-corrected chi connectivity index (χ0v) is 20.5. The number of likely N-dealkylation sites (tertiary alicyclic amines) is 1. The molecule has 0 aliphatic carbocycles. The van der Waals surface area contributed by atoms with Crippen LogP contribution in [0, 0.1) is 6.92 Å². The standard InChI is InChI=1S/C25H27BrN4O3/c1-4-28(5-2)13-14-30-22(17-9-8-10-18(26)15-17)20(24(32)25(30)33)23(31)21-16(3)27-19-11-6-7-12-29(19)21/h6-12,15,22,31H,4-5,13-14H2,1-3H3/b23-20+. The number of Topliss-reactive ketones (excluding diaryl/α,β-unsaturated/α-hetero) is 1. The van der Waals surface area contributed by atoms with Crippen molar-refractivity contribution >= 4 is 39.0 Å². The lowest BCUT2D eigenvalue weighted by molar-refractivity contribution is -0.140. The molecular formula is C25H27BrN4O3. The minimum Gasteiger partial charge on any atom is -0.505 e. The Kier molecular flexibility index (Phi) is 6.67. The summed E-state index contributed by atoms with van der Waals surface area (Å²) in [5.41, 5.74) is 2.52. The molecule has 1 saturated heterocycles. The largest absolute Gasteiger partial charge is 0.505 e. The second kappa shape index (κ2) is 9.49. The molecule has 1 atom stereocenters. The Balaban J connectivity index is 1.88. The first-order chi connectivity index (χ1) is 15.9. The molecule has 1 unspecified atom stereocenters. The predicted octanol–water partition coefficient (Wildman–Crippen LogP) is 4.17. The highest BCUT2D eigenvalue weighted by Crippen LogP contribution is 2.40. The lowest BCUT2D eigenvalue weighted by Crippen LogP contribution is -2.38.